The molecule has 3 rings (SSSR count). The molecule has 103 heavy (non-hydrogen) atoms. The number of nitrogens with one attached hydrogen (secondary N) is 11. The van der Waals surface area contributed by atoms with E-state index in [0.717, 1.165) is 25.7 Å². The predicted molar refractivity (Wildman–Crippen MR) is 396 cm³/mol. The highest BCUT2D eigenvalue weighted by atomic mass is 16.2. The van der Waals surface area contributed by atoms with Gasteiger partial charge in [-0.1, -0.05) is 124 Å². The van der Waals surface area contributed by atoms with Crippen LogP contribution in [0.1, 0.15) is 179 Å². The first-order valence-corrected chi connectivity index (χ1v) is 36.7. The van der Waals surface area contributed by atoms with E-state index in [1.165, 1.54) is 20.8 Å². The Kier molecular flexibility index (Phi) is 44.0. The normalized spacial score (nSPS) is 14.3. The summed E-state index contributed by atoms with van der Waals surface area (Å²) in [5.41, 5.74) is 36.5. The first kappa shape index (κ1) is 88.3. The molecule has 3 aromatic rings. The lowest BCUT2D eigenvalue weighted by Gasteiger charge is -2.28. The van der Waals surface area contributed by atoms with Crippen molar-refractivity contribution in [1.29, 1.82) is 0 Å². The second-order valence-corrected chi connectivity index (χ2v) is 26.3. The van der Waals surface area contributed by atoms with Gasteiger partial charge in [0.1, 0.15) is 66.5 Å². The zero-order chi connectivity index (χ0) is 75.9. The quantitative estimate of drug-likeness (QED) is 0.0344. The van der Waals surface area contributed by atoms with Crippen LogP contribution >= 0.6 is 0 Å². The molecule has 0 fully saturated rings. The zero-order valence-corrected chi connectivity index (χ0v) is 60.9. The third-order valence-electron chi connectivity index (χ3n) is 17.5. The van der Waals surface area contributed by atoms with Crippen LogP contribution in [0.25, 0.3) is 0 Å². The van der Waals surface area contributed by atoms with Crippen LogP contribution in [0.3, 0.4) is 0 Å². The number of hydrogen-bond acceptors (Lipinski definition) is 17. The van der Waals surface area contributed by atoms with Gasteiger partial charge in [0.25, 0.3) is 0 Å². The van der Waals surface area contributed by atoms with Crippen LogP contribution in [0.2, 0.25) is 0 Å². The van der Waals surface area contributed by atoms with Crippen LogP contribution < -0.4 is 92.9 Å². The SMILES string of the molecule is CCCCCCCC(=O)N[C@@H](CCCCN)C(=O)N[C@@H](CCCCN)C(=O)N[C@@H](Cc1ccccc1)C(=O)N[C@@H](C)C(=O)N[C@@H](CCCCN)C(=O)N[C@@H](Cc1ccccc1)C(=O)N[C@@H](C)C(=O)N[C@@H](CCCCN)C(=O)N[C@@H](CCCCN)C(=O)N[C@@H](Cc1ccccc1)C(=O)N[C@@H](C)C(N)=O. The maximum Gasteiger partial charge on any atom is 0.243 e. The average molecular weight is 1440 g/mol. The first-order valence-electron chi connectivity index (χ1n) is 36.7. The van der Waals surface area contributed by atoms with Crippen LogP contribution in [0.5, 0.6) is 0 Å². The molecule has 0 radical (unpaired) electrons. The number of carbonyl (C=O) groups is 12. The van der Waals surface area contributed by atoms with Crippen molar-refractivity contribution in [3.8, 4) is 0 Å². The van der Waals surface area contributed by atoms with Crippen molar-refractivity contribution in [1.82, 2.24) is 58.5 Å². The van der Waals surface area contributed by atoms with Crippen molar-refractivity contribution in [2.45, 2.75) is 248 Å². The molecule has 0 saturated carbocycles. The van der Waals surface area contributed by atoms with E-state index in [9.17, 15) is 57.5 Å². The second-order valence-electron chi connectivity index (χ2n) is 26.3. The monoisotopic (exact) mass is 1440 g/mol. The van der Waals surface area contributed by atoms with Gasteiger partial charge in [-0.3, -0.25) is 57.5 Å². The Balaban J connectivity index is 1.88. The lowest BCUT2D eigenvalue weighted by Crippen LogP contribution is -2.60. The summed E-state index contributed by atoms with van der Waals surface area (Å²) in [6, 6.07) is 12.8. The molecule has 0 saturated heterocycles. The number of benzene rings is 3. The van der Waals surface area contributed by atoms with Crippen LogP contribution in [0.15, 0.2) is 91.0 Å². The number of rotatable bonds is 54. The fourth-order valence-electron chi connectivity index (χ4n) is 11.2. The molecular formula is C74H119N17O12. The molecule has 0 heterocycles. The summed E-state index contributed by atoms with van der Waals surface area (Å²) in [5, 5.41) is 30.1. The van der Waals surface area contributed by atoms with Crippen molar-refractivity contribution in [3.05, 3.63) is 108 Å². The lowest BCUT2D eigenvalue weighted by molar-refractivity contribution is -0.136. The van der Waals surface area contributed by atoms with E-state index in [1.807, 2.05) is 0 Å². The van der Waals surface area contributed by atoms with Gasteiger partial charge in [0.15, 0.2) is 0 Å². The summed E-state index contributed by atoms with van der Waals surface area (Å²) in [6.07, 6.45) is 9.98. The fraction of sp³-hybridized carbons (Fsp3) is 0.595. The molecule has 0 aliphatic rings. The van der Waals surface area contributed by atoms with Crippen molar-refractivity contribution >= 4 is 70.9 Å². The third-order valence-corrected chi connectivity index (χ3v) is 17.5. The highest BCUT2D eigenvalue weighted by molar-refractivity contribution is 5.99. The Morgan fingerprint density at radius 2 is 0.524 bits per heavy atom. The summed E-state index contributed by atoms with van der Waals surface area (Å²) in [6.45, 7) is 7.78. The molecular weight excluding hydrogens is 1320 g/mol. The average Bonchev–Trinajstić information content (AvgIpc) is 0.863. The summed E-state index contributed by atoms with van der Waals surface area (Å²) in [4.78, 5) is 168. The maximum atomic E-state index is 14.6. The Morgan fingerprint density at radius 3 is 0.796 bits per heavy atom. The Bertz CT molecular complexity index is 3060. The summed E-state index contributed by atoms with van der Waals surface area (Å²) in [5.74, 6) is -8.47. The molecule has 0 aliphatic heterocycles. The molecule has 11 atom stereocenters. The van der Waals surface area contributed by atoms with Crippen LogP contribution in [0.4, 0.5) is 0 Å². The van der Waals surface area contributed by atoms with Gasteiger partial charge in [0.2, 0.25) is 70.9 Å². The second kappa shape index (κ2) is 51.3. The minimum atomic E-state index is -1.36. The molecule has 0 unspecified atom stereocenters. The van der Waals surface area contributed by atoms with E-state index in [-0.39, 0.29) is 83.3 Å². The van der Waals surface area contributed by atoms with Gasteiger partial charge >= 0.3 is 0 Å². The van der Waals surface area contributed by atoms with E-state index >= 15 is 0 Å². The Hall–Kier alpha value is -8.90. The molecule has 0 spiro atoms. The number of hydrogen-bond donors (Lipinski definition) is 17. The van der Waals surface area contributed by atoms with Gasteiger partial charge in [-0.2, -0.15) is 0 Å². The van der Waals surface area contributed by atoms with Crippen molar-refractivity contribution in [2.75, 3.05) is 32.7 Å². The van der Waals surface area contributed by atoms with Crippen molar-refractivity contribution < 1.29 is 57.5 Å². The molecule has 0 aliphatic carbocycles. The smallest absolute Gasteiger partial charge is 0.243 e. The standard InChI is InChI=1S/C74H119N17O12/c1-5-6-7-8-18-40-63(92)84-55(35-19-24-41-75)67(96)87-58(38-22-27-44-78)70(99)91-62(48-54-33-16-11-17-34-54)74(103)83-51(4)66(95)86-57(37-21-26-43-77)69(98)90-61(47-53-31-14-10-15-32-53)73(102)82-50(3)65(94)85-56(36-20-25-42-76)68(97)88-59(39-23-28-45-79)71(100)89-60(46-52-29-12-9-13-30-52)72(101)81-49(2)64(80)93/h9-17,29-34,49-51,55-62H,5-8,18-28,35-48,75-79H2,1-4H3,(H2,80,93)(H,81,101)(H,82,102)(H,83,103)(H,84,92)(H,85,94)(H,86,95)(H,87,96)(H,88,97)(H,89,100)(H,90,98)(H,91,99)/t49-,50-,51-,55-,56-,57-,58-,59-,60-,61-,62-/m0/s1. The Labute approximate surface area is 607 Å². The largest absolute Gasteiger partial charge is 0.368 e. The number of nitrogens with two attached hydrogens (primary N) is 6. The number of unbranched alkanes of at least 4 members (excludes halogenated alkanes) is 9. The third kappa shape index (κ3) is 35.7. The highest BCUT2D eigenvalue weighted by Gasteiger charge is 2.36. The highest BCUT2D eigenvalue weighted by Crippen LogP contribution is 2.14. The molecule has 572 valence electrons. The Morgan fingerprint density at radius 1 is 0.282 bits per heavy atom. The molecule has 23 N–H and O–H groups in total. The minimum Gasteiger partial charge on any atom is -0.368 e. The van der Waals surface area contributed by atoms with Gasteiger partial charge in [-0.15, -0.1) is 0 Å². The molecule has 29 nitrogen and oxygen atoms in total. The summed E-state index contributed by atoms with van der Waals surface area (Å²) >= 11 is 0. The number of carbonyl (C=O) groups excluding carboxylic acids is 12. The van der Waals surface area contributed by atoms with Gasteiger partial charge < -0.3 is 92.9 Å². The molecule has 12 amide bonds. The van der Waals surface area contributed by atoms with E-state index in [1.54, 1.807) is 91.0 Å². The van der Waals surface area contributed by atoms with Gasteiger partial charge in [-0.25, -0.2) is 0 Å². The fourth-order valence-corrected chi connectivity index (χ4v) is 11.2. The van der Waals surface area contributed by atoms with E-state index < -0.39 is 131 Å². The number of amides is 12. The number of primary amides is 1. The summed E-state index contributed by atoms with van der Waals surface area (Å²) < 4.78 is 0. The van der Waals surface area contributed by atoms with Gasteiger partial charge in [0, 0.05) is 25.7 Å². The lowest BCUT2D eigenvalue weighted by atomic mass is 10.0. The molecule has 0 bridgehead atoms. The summed E-state index contributed by atoms with van der Waals surface area (Å²) in [7, 11) is 0. The van der Waals surface area contributed by atoms with E-state index in [4.69, 9.17) is 34.4 Å². The predicted octanol–water partition coefficient (Wildman–Crippen LogP) is 0.598. The topological polar surface area (TPSA) is 493 Å². The minimum absolute atomic E-state index is 0.0193. The molecule has 0 aromatic heterocycles. The van der Waals surface area contributed by atoms with E-state index in [2.05, 4.69) is 65.4 Å². The maximum absolute atomic E-state index is 14.6. The van der Waals surface area contributed by atoms with Crippen molar-refractivity contribution in [2.24, 2.45) is 34.4 Å². The molecule has 29 heteroatoms. The van der Waals surface area contributed by atoms with Crippen molar-refractivity contribution in [3.63, 3.8) is 0 Å². The molecule has 3 aromatic carbocycles. The zero-order valence-electron chi connectivity index (χ0n) is 60.9. The van der Waals surface area contributed by atoms with E-state index in [0.29, 0.717) is 100 Å². The van der Waals surface area contributed by atoms with Gasteiger partial charge in [0.05, 0.1) is 0 Å². The van der Waals surface area contributed by atoms with Crippen LogP contribution in [0, 0.1) is 0 Å². The van der Waals surface area contributed by atoms with Gasteiger partial charge in [-0.05, 0) is 173 Å². The van der Waals surface area contributed by atoms with Crippen LogP contribution in [-0.4, -0.2) is 170 Å². The first-order chi connectivity index (χ1) is 49.5. The van der Waals surface area contributed by atoms with Crippen LogP contribution in [-0.2, 0) is 76.8 Å².